The predicted molar refractivity (Wildman–Crippen MR) is 106 cm³/mol. The maximum absolute atomic E-state index is 6.20. The number of hydrogen-bond acceptors (Lipinski definition) is 2. The second-order valence-corrected chi connectivity index (χ2v) is 7.07. The minimum absolute atomic E-state index is 0.594. The molecule has 0 heterocycles. The Morgan fingerprint density at radius 3 is 2.60 bits per heavy atom. The summed E-state index contributed by atoms with van der Waals surface area (Å²) in [4.78, 5) is 0. The third kappa shape index (κ3) is 4.61. The van der Waals surface area contributed by atoms with Gasteiger partial charge in [-0.1, -0.05) is 74.0 Å². The average Bonchev–Trinajstić information content (AvgIpc) is 2.60. The summed E-state index contributed by atoms with van der Waals surface area (Å²) < 4.78 is 6.20. The molecular weight excluding hydrogens is 306 g/mol. The first-order valence-electron chi connectivity index (χ1n) is 9.03. The summed E-state index contributed by atoms with van der Waals surface area (Å²) in [7, 11) is 0. The predicted octanol–water partition coefficient (Wildman–Crippen LogP) is 5.47. The number of fused-ring (bicyclic) bond motifs is 1. The van der Waals surface area contributed by atoms with Crippen molar-refractivity contribution < 1.29 is 4.74 Å². The Morgan fingerprint density at radius 2 is 1.80 bits per heavy atom. The van der Waals surface area contributed by atoms with Gasteiger partial charge in [-0.3, -0.25) is 0 Å². The van der Waals surface area contributed by atoms with Crippen LogP contribution in [0.15, 0.2) is 60.7 Å². The fraction of sp³-hybridized carbons (Fsp3) is 0.304. The Bertz CT molecular complexity index is 838. The van der Waals surface area contributed by atoms with Gasteiger partial charge in [-0.2, -0.15) is 0 Å². The van der Waals surface area contributed by atoms with Gasteiger partial charge < -0.3 is 10.1 Å². The number of rotatable bonds is 7. The molecule has 0 bridgehead atoms. The quantitative estimate of drug-likeness (QED) is 0.619. The lowest BCUT2D eigenvalue weighted by Gasteiger charge is -2.16. The highest BCUT2D eigenvalue weighted by molar-refractivity contribution is 5.87. The lowest BCUT2D eigenvalue weighted by Crippen LogP contribution is -2.19. The number of nitrogens with one attached hydrogen (secondary N) is 1. The Hall–Kier alpha value is -2.32. The summed E-state index contributed by atoms with van der Waals surface area (Å²) in [5.41, 5.74) is 3.71. The summed E-state index contributed by atoms with van der Waals surface area (Å²) in [5.74, 6) is 1.60. The lowest BCUT2D eigenvalue weighted by molar-refractivity contribution is 0.302. The van der Waals surface area contributed by atoms with Crippen LogP contribution in [0.2, 0.25) is 0 Å². The molecule has 0 aliphatic carbocycles. The molecule has 0 amide bonds. The van der Waals surface area contributed by atoms with Gasteiger partial charge in [0.1, 0.15) is 12.4 Å². The van der Waals surface area contributed by atoms with Gasteiger partial charge in [0.25, 0.3) is 0 Å². The number of aryl methyl sites for hydroxylation is 1. The molecule has 0 aromatic heterocycles. The zero-order valence-electron chi connectivity index (χ0n) is 15.4. The molecule has 0 radical (unpaired) electrons. The summed E-state index contributed by atoms with van der Waals surface area (Å²) in [6.07, 6.45) is 0. The zero-order chi connectivity index (χ0) is 17.6. The van der Waals surface area contributed by atoms with Crippen LogP contribution in [0.3, 0.4) is 0 Å². The van der Waals surface area contributed by atoms with Crippen molar-refractivity contribution in [1.29, 1.82) is 0 Å². The van der Waals surface area contributed by atoms with Crippen LogP contribution in [0.4, 0.5) is 0 Å². The fourth-order valence-corrected chi connectivity index (χ4v) is 3.08. The largest absolute Gasteiger partial charge is 0.489 e. The van der Waals surface area contributed by atoms with Crippen molar-refractivity contribution in [3.63, 3.8) is 0 Å². The molecule has 0 aliphatic rings. The van der Waals surface area contributed by atoms with Gasteiger partial charge in [-0.15, -0.1) is 0 Å². The molecule has 3 rings (SSSR count). The molecule has 3 aromatic rings. The van der Waals surface area contributed by atoms with Crippen LogP contribution in [-0.4, -0.2) is 6.54 Å². The van der Waals surface area contributed by atoms with Crippen molar-refractivity contribution in [3.05, 3.63) is 77.4 Å². The van der Waals surface area contributed by atoms with E-state index in [1.807, 2.05) is 0 Å². The second-order valence-electron chi connectivity index (χ2n) is 7.07. The van der Waals surface area contributed by atoms with Crippen molar-refractivity contribution in [3.8, 4) is 5.75 Å². The van der Waals surface area contributed by atoms with Crippen LogP contribution in [0, 0.1) is 12.8 Å². The molecule has 3 aromatic carbocycles. The number of benzene rings is 3. The Kier molecular flexibility index (Phi) is 5.72. The zero-order valence-corrected chi connectivity index (χ0v) is 15.4. The summed E-state index contributed by atoms with van der Waals surface area (Å²) in [5, 5.41) is 6.08. The van der Waals surface area contributed by atoms with Gasteiger partial charge in [0.15, 0.2) is 0 Å². The maximum atomic E-state index is 6.20. The van der Waals surface area contributed by atoms with E-state index in [1.54, 1.807) is 0 Å². The summed E-state index contributed by atoms with van der Waals surface area (Å²) in [6, 6.07) is 21.3. The van der Waals surface area contributed by atoms with E-state index in [-0.39, 0.29) is 0 Å². The van der Waals surface area contributed by atoms with E-state index in [0.29, 0.717) is 12.5 Å². The van der Waals surface area contributed by atoms with E-state index in [0.717, 1.165) is 18.8 Å². The summed E-state index contributed by atoms with van der Waals surface area (Å²) >= 11 is 0. The van der Waals surface area contributed by atoms with Crippen LogP contribution in [-0.2, 0) is 13.2 Å². The van der Waals surface area contributed by atoms with Crippen molar-refractivity contribution >= 4 is 10.8 Å². The molecule has 0 saturated carbocycles. The Morgan fingerprint density at radius 1 is 0.960 bits per heavy atom. The highest BCUT2D eigenvalue weighted by Gasteiger charge is 2.09. The minimum Gasteiger partial charge on any atom is -0.489 e. The van der Waals surface area contributed by atoms with Crippen LogP contribution >= 0.6 is 0 Å². The average molecular weight is 333 g/mol. The fourth-order valence-electron chi connectivity index (χ4n) is 3.08. The normalized spacial score (nSPS) is 11.2. The van der Waals surface area contributed by atoms with E-state index in [4.69, 9.17) is 4.74 Å². The van der Waals surface area contributed by atoms with Gasteiger partial charge in [-0.05, 0) is 41.8 Å². The standard InChI is InChI=1S/C23H27NO/c1-17(2)14-24-15-22-21-10-5-4-9-20(21)11-12-23(22)25-16-19-8-6-7-18(3)13-19/h4-13,17,24H,14-16H2,1-3H3. The van der Waals surface area contributed by atoms with E-state index in [9.17, 15) is 0 Å². The summed E-state index contributed by atoms with van der Waals surface area (Å²) in [6.45, 7) is 8.98. The van der Waals surface area contributed by atoms with Gasteiger partial charge in [-0.25, -0.2) is 0 Å². The van der Waals surface area contributed by atoms with Crippen LogP contribution in [0.25, 0.3) is 10.8 Å². The van der Waals surface area contributed by atoms with Crippen molar-refractivity contribution in [1.82, 2.24) is 5.32 Å². The highest BCUT2D eigenvalue weighted by Crippen LogP contribution is 2.29. The van der Waals surface area contributed by atoms with E-state index in [2.05, 4.69) is 86.8 Å². The molecule has 0 spiro atoms. The molecule has 1 N–H and O–H groups in total. The number of ether oxygens (including phenoxy) is 1. The second kappa shape index (κ2) is 8.17. The molecule has 0 fully saturated rings. The van der Waals surface area contributed by atoms with Crippen LogP contribution in [0.5, 0.6) is 5.75 Å². The molecule has 130 valence electrons. The molecular formula is C23H27NO. The number of hydrogen-bond donors (Lipinski definition) is 1. The molecule has 0 unspecified atom stereocenters. The van der Waals surface area contributed by atoms with Crippen LogP contribution in [0.1, 0.15) is 30.5 Å². The monoisotopic (exact) mass is 333 g/mol. The third-order valence-electron chi connectivity index (χ3n) is 4.33. The molecule has 0 saturated heterocycles. The first kappa shape index (κ1) is 17.5. The lowest BCUT2D eigenvalue weighted by atomic mass is 10.0. The molecule has 2 nitrogen and oxygen atoms in total. The van der Waals surface area contributed by atoms with E-state index < -0.39 is 0 Å². The Balaban J connectivity index is 1.85. The van der Waals surface area contributed by atoms with Gasteiger partial charge in [0.05, 0.1) is 0 Å². The minimum atomic E-state index is 0.594. The van der Waals surface area contributed by atoms with Gasteiger partial charge >= 0.3 is 0 Å². The van der Waals surface area contributed by atoms with Crippen molar-refractivity contribution in [2.45, 2.75) is 33.9 Å². The third-order valence-corrected chi connectivity index (χ3v) is 4.33. The highest BCUT2D eigenvalue weighted by atomic mass is 16.5. The van der Waals surface area contributed by atoms with Gasteiger partial charge in [0.2, 0.25) is 0 Å². The molecule has 0 atom stereocenters. The molecule has 2 heteroatoms. The van der Waals surface area contributed by atoms with Crippen molar-refractivity contribution in [2.24, 2.45) is 5.92 Å². The SMILES string of the molecule is Cc1cccc(COc2ccc3ccccc3c2CNCC(C)C)c1. The van der Waals surface area contributed by atoms with Gasteiger partial charge in [0, 0.05) is 12.1 Å². The topological polar surface area (TPSA) is 21.3 Å². The first-order chi connectivity index (χ1) is 12.1. The Labute approximate surface area is 150 Å². The van der Waals surface area contributed by atoms with E-state index >= 15 is 0 Å². The van der Waals surface area contributed by atoms with E-state index in [1.165, 1.54) is 27.5 Å². The smallest absolute Gasteiger partial charge is 0.124 e. The molecule has 0 aliphatic heterocycles. The van der Waals surface area contributed by atoms with Crippen LogP contribution < -0.4 is 10.1 Å². The van der Waals surface area contributed by atoms with Crippen molar-refractivity contribution in [2.75, 3.05) is 6.54 Å². The first-order valence-corrected chi connectivity index (χ1v) is 9.03. The molecule has 25 heavy (non-hydrogen) atoms. The maximum Gasteiger partial charge on any atom is 0.124 e.